The van der Waals surface area contributed by atoms with Crippen LogP contribution < -0.4 is 16.2 Å². The first-order valence-corrected chi connectivity index (χ1v) is 6.12. The van der Waals surface area contributed by atoms with E-state index in [0.29, 0.717) is 6.54 Å². The van der Waals surface area contributed by atoms with Crippen LogP contribution in [-0.2, 0) is 0 Å². The summed E-state index contributed by atoms with van der Waals surface area (Å²) in [6.45, 7) is 0.406. The molecule has 0 fully saturated rings. The second kappa shape index (κ2) is 5.00. The fraction of sp³-hybridized carbons (Fsp3) is 0.0714. The number of pyridine rings is 1. The van der Waals surface area contributed by atoms with Crippen molar-refractivity contribution in [1.29, 1.82) is 0 Å². The summed E-state index contributed by atoms with van der Waals surface area (Å²) in [5.74, 6) is 0. The van der Waals surface area contributed by atoms with Gasteiger partial charge in [0.15, 0.2) is 5.43 Å². The second-order valence-electron chi connectivity index (χ2n) is 4.34. The Kier molecular flexibility index (Phi) is 3.04. The van der Waals surface area contributed by atoms with Gasteiger partial charge in [-0.1, -0.05) is 12.1 Å². The largest absolute Gasteiger partial charge is 0.335 e. The number of aromatic nitrogens is 1. The number of amides is 2. The molecule has 1 aromatic heterocycles. The van der Waals surface area contributed by atoms with Gasteiger partial charge in [-0.15, -0.1) is 0 Å². The predicted octanol–water partition coefficient (Wildman–Crippen LogP) is 0.854. The average molecular weight is 268 g/mol. The SMILES string of the molecule is O=C1NCC(c2ccc(-n3ccc(=O)cc3)cc2)=NN1. The summed E-state index contributed by atoms with van der Waals surface area (Å²) in [4.78, 5) is 22.0. The van der Waals surface area contributed by atoms with E-state index in [4.69, 9.17) is 0 Å². The monoisotopic (exact) mass is 268 g/mol. The van der Waals surface area contributed by atoms with E-state index in [2.05, 4.69) is 15.8 Å². The number of nitrogens with one attached hydrogen (secondary N) is 2. The molecule has 2 aromatic rings. The van der Waals surface area contributed by atoms with Gasteiger partial charge in [-0.2, -0.15) is 5.10 Å². The summed E-state index contributed by atoms with van der Waals surface area (Å²) in [5, 5.41) is 6.66. The molecule has 1 aliphatic rings. The maximum atomic E-state index is 11.1. The number of hydrogen-bond donors (Lipinski definition) is 2. The molecule has 1 aromatic carbocycles. The molecular weight excluding hydrogens is 256 g/mol. The summed E-state index contributed by atoms with van der Waals surface area (Å²) in [7, 11) is 0. The first-order chi connectivity index (χ1) is 9.72. The van der Waals surface area contributed by atoms with Crippen molar-refractivity contribution >= 4 is 11.7 Å². The van der Waals surface area contributed by atoms with Crippen LogP contribution in [0.2, 0.25) is 0 Å². The highest BCUT2D eigenvalue weighted by molar-refractivity contribution is 6.05. The molecule has 100 valence electrons. The van der Waals surface area contributed by atoms with E-state index in [0.717, 1.165) is 17.0 Å². The van der Waals surface area contributed by atoms with Gasteiger partial charge in [0.1, 0.15) is 0 Å². The first kappa shape index (κ1) is 12.2. The van der Waals surface area contributed by atoms with Crippen LogP contribution in [0.1, 0.15) is 5.56 Å². The van der Waals surface area contributed by atoms with Crippen LogP contribution in [0.15, 0.2) is 58.7 Å². The molecule has 20 heavy (non-hydrogen) atoms. The molecule has 2 amide bonds. The Labute approximate surface area is 114 Å². The van der Waals surface area contributed by atoms with Crippen LogP contribution >= 0.6 is 0 Å². The molecule has 6 nitrogen and oxygen atoms in total. The third kappa shape index (κ3) is 2.44. The zero-order valence-electron chi connectivity index (χ0n) is 10.5. The van der Waals surface area contributed by atoms with E-state index in [1.807, 2.05) is 28.8 Å². The van der Waals surface area contributed by atoms with Crippen molar-refractivity contribution in [1.82, 2.24) is 15.3 Å². The summed E-state index contributed by atoms with van der Waals surface area (Å²) >= 11 is 0. The zero-order valence-corrected chi connectivity index (χ0v) is 10.5. The van der Waals surface area contributed by atoms with Crippen molar-refractivity contribution in [3.05, 3.63) is 64.6 Å². The van der Waals surface area contributed by atoms with Gasteiger partial charge in [-0.05, 0) is 17.7 Å². The minimum absolute atomic E-state index is 0.0174. The fourth-order valence-electron chi connectivity index (χ4n) is 1.94. The number of urea groups is 1. The highest BCUT2D eigenvalue weighted by Crippen LogP contribution is 2.10. The minimum Gasteiger partial charge on any atom is -0.331 e. The minimum atomic E-state index is -0.293. The van der Waals surface area contributed by atoms with Gasteiger partial charge in [0, 0.05) is 30.2 Å². The van der Waals surface area contributed by atoms with Gasteiger partial charge in [0.25, 0.3) is 0 Å². The molecule has 6 heteroatoms. The molecule has 0 aliphatic carbocycles. The Hall–Kier alpha value is -2.89. The van der Waals surface area contributed by atoms with E-state index < -0.39 is 0 Å². The lowest BCUT2D eigenvalue weighted by molar-refractivity contribution is 0.241. The standard InChI is InChI=1S/C14H12N4O2/c19-12-5-7-18(8-6-12)11-3-1-10(2-4-11)13-9-15-14(20)17-16-13/h1-8H,9H2,(H2,15,17,20). The molecule has 0 spiro atoms. The van der Waals surface area contributed by atoms with Gasteiger partial charge in [-0.3, -0.25) is 4.79 Å². The normalized spacial score (nSPS) is 14.2. The fourth-order valence-corrected chi connectivity index (χ4v) is 1.94. The number of hydrogen-bond acceptors (Lipinski definition) is 3. The lowest BCUT2D eigenvalue weighted by atomic mass is 10.1. The van der Waals surface area contributed by atoms with Crippen LogP contribution in [0.4, 0.5) is 4.79 Å². The molecule has 0 bridgehead atoms. The Balaban J connectivity index is 1.86. The van der Waals surface area contributed by atoms with Crippen molar-refractivity contribution in [2.75, 3.05) is 6.54 Å². The highest BCUT2D eigenvalue weighted by atomic mass is 16.2. The van der Waals surface area contributed by atoms with Crippen LogP contribution in [0.25, 0.3) is 5.69 Å². The maximum absolute atomic E-state index is 11.1. The summed E-state index contributed by atoms with van der Waals surface area (Å²) in [6.07, 6.45) is 3.44. The molecule has 3 rings (SSSR count). The third-order valence-corrected chi connectivity index (χ3v) is 3.01. The van der Waals surface area contributed by atoms with E-state index in [-0.39, 0.29) is 11.5 Å². The Morgan fingerprint density at radius 3 is 2.30 bits per heavy atom. The molecule has 0 radical (unpaired) electrons. The maximum Gasteiger partial charge on any atom is 0.335 e. The number of benzene rings is 1. The summed E-state index contributed by atoms with van der Waals surface area (Å²) in [6, 6.07) is 10.4. The van der Waals surface area contributed by atoms with E-state index in [1.54, 1.807) is 12.4 Å². The summed E-state index contributed by atoms with van der Waals surface area (Å²) < 4.78 is 1.86. The Morgan fingerprint density at radius 1 is 1.00 bits per heavy atom. The molecule has 0 atom stereocenters. The molecular formula is C14H12N4O2. The topological polar surface area (TPSA) is 75.5 Å². The lowest BCUT2D eigenvalue weighted by Gasteiger charge is -2.14. The number of rotatable bonds is 2. The predicted molar refractivity (Wildman–Crippen MR) is 75.1 cm³/mol. The molecule has 2 heterocycles. The van der Waals surface area contributed by atoms with Crippen molar-refractivity contribution in [2.24, 2.45) is 5.10 Å². The number of nitrogens with zero attached hydrogens (tertiary/aromatic N) is 2. The molecule has 0 saturated carbocycles. The third-order valence-electron chi connectivity index (χ3n) is 3.01. The average Bonchev–Trinajstić information content (AvgIpc) is 2.49. The highest BCUT2D eigenvalue weighted by Gasteiger charge is 2.11. The van der Waals surface area contributed by atoms with Crippen molar-refractivity contribution in [3.8, 4) is 5.69 Å². The smallest absolute Gasteiger partial charge is 0.331 e. The van der Waals surface area contributed by atoms with Gasteiger partial charge >= 0.3 is 6.03 Å². The van der Waals surface area contributed by atoms with Gasteiger partial charge in [0.05, 0.1) is 12.3 Å². The zero-order chi connectivity index (χ0) is 13.9. The van der Waals surface area contributed by atoms with Gasteiger partial charge < -0.3 is 9.88 Å². The second-order valence-corrected chi connectivity index (χ2v) is 4.34. The Morgan fingerprint density at radius 2 is 1.70 bits per heavy atom. The van der Waals surface area contributed by atoms with Crippen molar-refractivity contribution in [3.63, 3.8) is 0 Å². The number of hydrazone groups is 1. The van der Waals surface area contributed by atoms with Crippen molar-refractivity contribution in [2.45, 2.75) is 0 Å². The van der Waals surface area contributed by atoms with E-state index in [9.17, 15) is 9.59 Å². The Bertz CT molecular complexity index is 711. The number of carbonyl (C=O) groups is 1. The van der Waals surface area contributed by atoms with Crippen LogP contribution in [0.5, 0.6) is 0 Å². The van der Waals surface area contributed by atoms with Crippen LogP contribution in [0.3, 0.4) is 0 Å². The molecule has 0 saturated heterocycles. The lowest BCUT2D eigenvalue weighted by Crippen LogP contribution is -2.42. The van der Waals surface area contributed by atoms with E-state index in [1.165, 1.54) is 12.1 Å². The summed E-state index contributed by atoms with van der Waals surface area (Å²) in [5.41, 5.74) is 5.02. The van der Waals surface area contributed by atoms with Gasteiger partial charge in [-0.25, -0.2) is 10.2 Å². The van der Waals surface area contributed by atoms with Crippen LogP contribution in [0, 0.1) is 0 Å². The first-order valence-electron chi connectivity index (χ1n) is 6.12. The quantitative estimate of drug-likeness (QED) is 0.847. The van der Waals surface area contributed by atoms with Crippen LogP contribution in [-0.4, -0.2) is 22.9 Å². The molecule has 1 aliphatic heterocycles. The van der Waals surface area contributed by atoms with Crippen molar-refractivity contribution < 1.29 is 4.79 Å². The molecule has 2 N–H and O–H groups in total. The molecule has 0 unspecified atom stereocenters. The number of carbonyl (C=O) groups excluding carboxylic acids is 1. The van der Waals surface area contributed by atoms with Gasteiger partial charge in [0.2, 0.25) is 0 Å². The van der Waals surface area contributed by atoms with E-state index >= 15 is 0 Å².